The quantitative estimate of drug-likeness (QED) is 0.377. The SMILES string of the molecule is O=C(N/N=C/c1ccccc1F)c1cccc(-n2cnc3sc4c(c3c2=O)CCCC4)c1. The van der Waals surface area contributed by atoms with Gasteiger partial charge in [0, 0.05) is 16.0 Å². The number of halogens is 1. The van der Waals surface area contributed by atoms with Gasteiger partial charge in [-0.2, -0.15) is 5.10 Å². The molecule has 4 aromatic rings. The molecule has 0 saturated carbocycles. The highest BCUT2D eigenvalue weighted by Gasteiger charge is 2.20. The normalized spacial score (nSPS) is 13.4. The minimum Gasteiger partial charge on any atom is -0.268 e. The van der Waals surface area contributed by atoms with Crippen LogP contribution in [-0.2, 0) is 12.8 Å². The predicted molar refractivity (Wildman–Crippen MR) is 123 cm³/mol. The van der Waals surface area contributed by atoms with E-state index in [1.54, 1.807) is 53.8 Å². The summed E-state index contributed by atoms with van der Waals surface area (Å²) in [5.74, 6) is -0.889. The van der Waals surface area contributed by atoms with Crippen LogP contribution in [0, 0.1) is 5.82 Å². The van der Waals surface area contributed by atoms with E-state index in [-0.39, 0.29) is 11.1 Å². The molecule has 1 aliphatic carbocycles. The van der Waals surface area contributed by atoms with Crippen molar-refractivity contribution in [3.8, 4) is 5.69 Å². The lowest BCUT2D eigenvalue weighted by Crippen LogP contribution is -2.21. The second-order valence-electron chi connectivity index (χ2n) is 7.58. The maximum Gasteiger partial charge on any atom is 0.271 e. The van der Waals surface area contributed by atoms with Gasteiger partial charge in [-0.3, -0.25) is 14.2 Å². The summed E-state index contributed by atoms with van der Waals surface area (Å²) < 4.78 is 15.1. The lowest BCUT2D eigenvalue weighted by Gasteiger charge is -2.11. The number of fused-ring (bicyclic) bond motifs is 3. The third-order valence-corrected chi connectivity index (χ3v) is 6.74. The summed E-state index contributed by atoms with van der Waals surface area (Å²) in [5, 5.41) is 4.53. The summed E-state index contributed by atoms with van der Waals surface area (Å²) in [6, 6.07) is 12.8. The third-order valence-electron chi connectivity index (χ3n) is 5.54. The molecule has 0 aliphatic heterocycles. The molecule has 32 heavy (non-hydrogen) atoms. The molecule has 2 aromatic heterocycles. The highest BCUT2D eigenvalue weighted by Crippen LogP contribution is 2.33. The number of carbonyl (C=O) groups excluding carboxylic acids is 1. The maximum atomic E-state index is 13.7. The van der Waals surface area contributed by atoms with Gasteiger partial charge >= 0.3 is 0 Å². The zero-order valence-corrected chi connectivity index (χ0v) is 17.9. The molecule has 1 amide bonds. The monoisotopic (exact) mass is 446 g/mol. The second-order valence-corrected chi connectivity index (χ2v) is 8.67. The molecular formula is C24H19FN4O2S. The summed E-state index contributed by atoms with van der Waals surface area (Å²) >= 11 is 1.60. The zero-order valence-electron chi connectivity index (χ0n) is 17.0. The molecule has 5 rings (SSSR count). The first-order valence-electron chi connectivity index (χ1n) is 10.3. The molecule has 0 atom stereocenters. The third kappa shape index (κ3) is 3.73. The predicted octanol–water partition coefficient (Wildman–Crippen LogP) is 4.23. The Hall–Kier alpha value is -3.65. The van der Waals surface area contributed by atoms with Gasteiger partial charge in [-0.05, 0) is 55.5 Å². The van der Waals surface area contributed by atoms with Crippen LogP contribution in [0.2, 0.25) is 0 Å². The Kier molecular flexibility index (Phi) is 5.36. The summed E-state index contributed by atoms with van der Waals surface area (Å²) in [6.07, 6.45) is 6.89. The summed E-state index contributed by atoms with van der Waals surface area (Å²) in [5.41, 5.74) is 4.54. The molecule has 2 aromatic carbocycles. The van der Waals surface area contributed by atoms with Gasteiger partial charge in [-0.25, -0.2) is 14.8 Å². The van der Waals surface area contributed by atoms with Crippen LogP contribution in [-0.4, -0.2) is 21.7 Å². The van der Waals surface area contributed by atoms with Crippen molar-refractivity contribution in [1.29, 1.82) is 0 Å². The van der Waals surface area contributed by atoms with E-state index in [9.17, 15) is 14.0 Å². The summed E-state index contributed by atoms with van der Waals surface area (Å²) in [7, 11) is 0. The zero-order chi connectivity index (χ0) is 22.1. The van der Waals surface area contributed by atoms with E-state index >= 15 is 0 Å². The van der Waals surface area contributed by atoms with E-state index < -0.39 is 11.7 Å². The van der Waals surface area contributed by atoms with Crippen molar-refractivity contribution in [2.45, 2.75) is 25.7 Å². The Balaban J connectivity index is 1.43. The highest BCUT2D eigenvalue weighted by atomic mass is 32.1. The van der Waals surface area contributed by atoms with E-state index in [0.717, 1.165) is 36.1 Å². The Morgan fingerprint density at radius 2 is 2.00 bits per heavy atom. The molecule has 0 unspecified atom stereocenters. The Morgan fingerprint density at radius 1 is 1.16 bits per heavy atom. The summed E-state index contributed by atoms with van der Waals surface area (Å²) in [6.45, 7) is 0. The molecule has 160 valence electrons. The number of aromatic nitrogens is 2. The van der Waals surface area contributed by atoms with Gasteiger partial charge in [-0.1, -0.05) is 24.3 Å². The van der Waals surface area contributed by atoms with Crippen LogP contribution in [0.15, 0.2) is 64.8 Å². The number of rotatable bonds is 4. The largest absolute Gasteiger partial charge is 0.271 e. The van der Waals surface area contributed by atoms with Gasteiger partial charge in [0.1, 0.15) is 17.0 Å². The molecule has 2 heterocycles. The van der Waals surface area contributed by atoms with E-state index in [2.05, 4.69) is 15.5 Å². The first kappa shape index (κ1) is 20.3. The minimum absolute atomic E-state index is 0.121. The minimum atomic E-state index is -0.463. The van der Waals surface area contributed by atoms with Crippen molar-refractivity contribution in [2.75, 3.05) is 0 Å². The van der Waals surface area contributed by atoms with Gasteiger partial charge in [0.25, 0.3) is 11.5 Å². The average Bonchev–Trinajstić information content (AvgIpc) is 3.20. The average molecular weight is 447 g/mol. The molecule has 0 saturated heterocycles. The fourth-order valence-electron chi connectivity index (χ4n) is 3.93. The van der Waals surface area contributed by atoms with Crippen LogP contribution in [0.1, 0.15) is 39.2 Å². The lowest BCUT2D eigenvalue weighted by atomic mass is 9.97. The second kappa shape index (κ2) is 8.47. The van der Waals surface area contributed by atoms with Gasteiger partial charge in [0.15, 0.2) is 0 Å². The fourth-order valence-corrected chi connectivity index (χ4v) is 5.15. The van der Waals surface area contributed by atoms with E-state index in [1.807, 2.05) is 0 Å². The number of aryl methyl sites for hydroxylation is 2. The number of carbonyl (C=O) groups is 1. The molecule has 8 heteroatoms. The molecule has 0 spiro atoms. The van der Waals surface area contributed by atoms with Crippen LogP contribution in [0.4, 0.5) is 4.39 Å². The number of thiophene rings is 1. The van der Waals surface area contributed by atoms with Gasteiger partial charge in [0.05, 0.1) is 17.3 Å². The van der Waals surface area contributed by atoms with Crippen LogP contribution in [0.3, 0.4) is 0 Å². The summed E-state index contributed by atoms with van der Waals surface area (Å²) in [4.78, 5) is 32.3. The van der Waals surface area contributed by atoms with E-state index in [1.165, 1.54) is 28.1 Å². The van der Waals surface area contributed by atoms with Gasteiger partial charge in [0.2, 0.25) is 0 Å². The Labute approximate surface area is 187 Å². The lowest BCUT2D eigenvalue weighted by molar-refractivity contribution is 0.0955. The van der Waals surface area contributed by atoms with Crippen LogP contribution < -0.4 is 11.0 Å². The Bertz CT molecular complexity index is 1420. The van der Waals surface area contributed by atoms with E-state index in [0.29, 0.717) is 16.6 Å². The fraction of sp³-hybridized carbons (Fsp3) is 0.167. The standard InChI is InChI=1S/C24H19FN4O2S/c25-19-10-3-1-6-16(19)13-27-28-22(30)15-7-5-8-17(12-15)29-14-26-23-21(24(29)31)18-9-2-4-11-20(18)32-23/h1,3,5-8,10,12-14H,2,4,9,11H2,(H,28,30)/b27-13+. The van der Waals surface area contributed by atoms with Gasteiger partial charge < -0.3 is 0 Å². The smallest absolute Gasteiger partial charge is 0.268 e. The maximum absolute atomic E-state index is 13.7. The van der Waals surface area contributed by atoms with Crippen LogP contribution >= 0.6 is 11.3 Å². The number of benzene rings is 2. The number of hydrogen-bond donors (Lipinski definition) is 1. The molecule has 1 aliphatic rings. The Morgan fingerprint density at radius 3 is 2.88 bits per heavy atom. The number of hydrogen-bond acceptors (Lipinski definition) is 5. The molecule has 6 nitrogen and oxygen atoms in total. The molecule has 0 bridgehead atoms. The number of nitrogens with one attached hydrogen (secondary N) is 1. The number of hydrazone groups is 1. The number of amides is 1. The van der Waals surface area contributed by atoms with Crippen LogP contribution in [0.5, 0.6) is 0 Å². The molecular weight excluding hydrogens is 427 g/mol. The first-order valence-corrected chi connectivity index (χ1v) is 11.1. The van der Waals surface area contributed by atoms with Crippen molar-refractivity contribution in [2.24, 2.45) is 5.10 Å². The molecule has 0 fully saturated rings. The van der Waals surface area contributed by atoms with Crippen molar-refractivity contribution < 1.29 is 9.18 Å². The van der Waals surface area contributed by atoms with E-state index in [4.69, 9.17) is 0 Å². The van der Waals surface area contributed by atoms with Crippen molar-refractivity contribution in [1.82, 2.24) is 15.0 Å². The topological polar surface area (TPSA) is 76.3 Å². The number of nitrogens with zero attached hydrogens (tertiary/aromatic N) is 3. The highest BCUT2D eigenvalue weighted by molar-refractivity contribution is 7.18. The van der Waals surface area contributed by atoms with Crippen molar-refractivity contribution >= 4 is 33.7 Å². The van der Waals surface area contributed by atoms with Crippen LogP contribution in [0.25, 0.3) is 15.9 Å². The first-order chi connectivity index (χ1) is 15.6. The molecule has 1 N–H and O–H groups in total. The molecule has 0 radical (unpaired) electrons. The van der Waals surface area contributed by atoms with Crippen molar-refractivity contribution in [3.63, 3.8) is 0 Å². The van der Waals surface area contributed by atoms with Crippen molar-refractivity contribution in [3.05, 3.63) is 92.6 Å². The van der Waals surface area contributed by atoms with Gasteiger partial charge in [-0.15, -0.1) is 11.3 Å².